The van der Waals surface area contributed by atoms with E-state index in [1.54, 1.807) is 16.8 Å². The second-order valence-corrected chi connectivity index (χ2v) is 7.58. The molecule has 168 valence electrons. The van der Waals surface area contributed by atoms with Crippen LogP contribution in [0.1, 0.15) is 27.3 Å². The van der Waals surface area contributed by atoms with E-state index in [1.807, 2.05) is 75.4 Å². The number of amides is 1. The van der Waals surface area contributed by atoms with Crippen LogP contribution in [0, 0.1) is 20.8 Å². The lowest BCUT2D eigenvalue weighted by Crippen LogP contribution is -2.29. The van der Waals surface area contributed by atoms with Gasteiger partial charge in [-0.2, -0.15) is 5.10 Å². The number of aromatic nitrogens is 4. The maximum absolute atomic E-state index is 12.7. The third kappa shape index (κ3) is 5.17. The molecule has 33 heavy (non-hydrogen) atoms. The summed E-state index contributed by atoms with van der Waals surface area (Å²) in [6, 6.07) is 20.3. The Morgan fingerprint density at radius 3 is 2.36 bits per heavy atom. The molecule has 0 saturated carbocycles. The predicted octanol–water partition coefficient (Wildman–Crippen LogP) is 4.22. The summed E-state index contributed by atoms with van der Waals surface area (Å²) in [5, 5.41) is 19.1. The minimum atomic E-state index is -0.204. The van der Waals surface area contributed by atoms with Gasteiger partial charge in [0.2, 0.25) is 0 Å². The number of aryl methyl sites for hydroxylation is 1. The van der Waals surface area contributed by atoms with Gasteiger partial charge in [0.1, 0.15) is 17.3 Å². The third-order valence-electron chi connectivity index (χ3n) is 5.34. The number of carbonyl (C=O) groups excluding carboxylic acids is 1. The fraction of sp³-hybridized carbons (Fsp3) is 0.200. The van der Waals surface area contributed by atoms with Crippen LogP contribution in [0.4, 0.5) is 5.82 Å². The number of benzene rings is 2. The van der Waals surface area contributed by atoms with Crippen molar-refractivity contribution < 1.29 is 9.53 Å². The van der Waals surface area contributed by atoms with Gasteiger partial charge in [0.25, 0.3) is 5.91 Å². The topological polar surface area (TPSA) is 94.0 Å². The highest BCUT2D eigenvalue weighted by atomic mass is 16.5. The summed E-state index contributed by atoms with van der Waals surface area (Å²) < 4.78 is 7.66. The smallest absolute Gasteiger partial charge is 0.255 e. The van der Waals surface area contributed by atoms with Crippen LogP contribution in [-0.2, 0) is 0 Å². The number of hydrogen-bond acceptors (Lipinski definition) is 6. The Morgan fingerprint density at radius 1 is 0.909 bits per heavy atom. The van der Waals surface area contributed by atoms with E-state index < -0.39 is 0 Å². The number of hydrogen-bond donors (Lipinski definition) is 2. The predicted molar refractivity (Wildman–Crippen MR) is 127 cm³/mol. The molecule has 0 spiro atoms. The van der Waals surface area contributed by atoms with E-state index in [9.17, 15) is 4.79 Å². The van der Waals surface area contributed by atoms with Gasteiger partial charge in [-0.25, -0.2) is 4.68 Å². The normalized spacial score (nSPS) is 10.6. The number of ether oxygens (including phenoxy) is 1. The van der Waals surface area contributed by atoms with Gasteiger partial charge in [-0.1, -0.05) is 30.3 Å². The van der Waals surface area contributed by atoms with Crippen molar-refractivity contribution in [2.45, 2.75) is 20.8 Å². The fourth-order valence-electron chi connectivity index (χ4n) is 3.30. The molecule has 2 heterocycles. The minimum absolute atomic E-state index is 0.204. The number of anilines is 1. The van der Waals surface area contributed by atoms with Crippen LogP contribution in [-0.4, -0.2) is 39.0 Å². The zero-order chi connectivity index (χ0) is 23.2. The van der Waals surface area contributed by atoms with E-state index in [2.05, 4.69) is 25.9 Å². The van der Waals surface area contributed by atoms with Crippen LogP contribution in [0.3, 0.4) is 0 Å². The molecule has 4 rings (SSSR count). The Balaban J connectivity index is 1.31. The first kappa shape index (κ1) is 22.0. The first-order valence-corrected chi connectivity index (χ1v) is 10.7. The highest BCUT2D eigenvalue weighted by Crippen LogP contribution is 2.24. The summed E-state index contributed by atoms with van der Waals surface area (Å²) >= 11 is 0. The largest absolute Gasteiger partial charge is 0.457 e. The van der Waals surface area contributed by atoms with Crippen molar-refractivity contribution in [3.05, 3.63) is 89.2 Å². The van der Waals surface area contributed by atoms with Crippen molar-refractivity contribution in [3.8, 4) is 17.3 Å². The molecule has 0 saturated heterocycles. The molecule has 8 nitrogen and oxygen atoms in total. The summed E-state index contributed by atoms with van der Waals surface area (Å²) in [5.74, 6) is 2.27. The number of para-hydroxylation sites is 2. The molecule has 0 atom stereocenters. The number of carbonyl (C=O) groups is 1. The van der Waals surface area contributed by atoms with Crippen molar-refractivity contribution >= 4 is 11.7 Å². The lowest BCUT2D eigenvalue weighted by Gasteiger charge is -2.12. The molecule has 2 aromatic carbocycles. The Hall–Kier alpha value is -4.20. The molecule has 0 radical (unpaired) electrons. The van der Waals surface area contributed by atoms with Gasteiger partial charge in [-0.3, -0.25) is 4.79 Å². The van der Waals surface area contributed by atoms with Gasteiger partial charge < -0.3 is 15.4 Å². The van der Waals surface area contributed by atoms with E-state index in [4.69, 9.17) is 4.74 Å². The molecule has 0 fully saturated rings. The minimum Gasteiger partial charge on any atom is -0.457 e. The van der Waals surface area contributed by atoms with E-state index in [-0.39, 0.29) is 5.91 Å². The molecule has 2 N–H and O–H groups in total. The molecule has 4 aromatic rings. The van der Waals surface area contributed by atoms with Gasteiger partial charge in [-0.15, -0.1) is 10.2 Å². The van der Waals surface area contributed by atoms with E-state index in [0.717, 1.165) is 17.0 Å². The van der Waals surface area contributed by atoms with Crippen molar-refractivity contribution in [1.29, 1.82) is 0 Å². The third-order valence-corrected chi connectivity index (χ3v) is 5.34. The van der Waals surface area contributed by atoms with Gasteiger partial charge in [0.15, 0.2) is 5.82 Å². The number of rotatable bonds is 8. The highest BCUT2D eigenvalue weighted by molar-refractivity contribution is 5.97. The van der Waals surface area contributed by atoms with Gasteiger partial charge in [0.05, 0.1) is 11.3 Å². The van der Waals surface area contributed by atoms with Crippen LogP contribution < -0.4 is 15.4 Å². The quantitative estimate of drug-likeness (QED) is 0.397. The summed E-state index contributed by atoms with van der Waals surface area (Å²) in [6.07, 6.45) is 0. The Labute approximate surface area is 192 Å². The summed E-state index contributed by atoms with van der Waals surface area (Å²) in [6.45, 7) is 6.94. The van der Waals surface area contributed by atoms with E-state index in [1.165, 1.54) is 0 Å². The summed E-state index contributed by atoms with van der Waals surface area (Å²) in [7, 11) is 0. The molecular formula is C25H26N6O2. The fourth-order valence-corrected chi connectivity index (χ4v) is 3.30. The second kappa shape index (κ2) is 9.95. The molecular weight excluding hydrogens is 416 g/mol. The monoisotopic (exact) mass is 442 g/mol. The number of nitrogens with zero attached hydrogens (tertiary/aromatic N) is 4. The Kier molecular flexibility index (Phi) is 6.64. The Bertz CT molecular complexity index is 1240. The summed E-state index contributed by atoms with van der Waals surface area (Å²) in [4.78, 5) is 12.7. The molecule has 0 aliphatic rings. The Morgan fingerprint density at radius 2 is 1.67 bits per heavy atom. The zero-order valence-corrected chi connectivity index (χ0v) is 18.9. The first-order chi connectivity index (χ1) is 16.0. The SMILES string of the molecule is Cc1nn(-c2ccc(NCCNC(=O)c3ccccc3Oc3ccccc3)nn2)c(C)c1C. The standard InChI is InChI=1S/C25H26N6O2/c1-17-18(2)30-31(19(17)3)24-14-13-23(28-29-24)26-15-16-27-25(32)21-11-7-8-12-22(21)33-20-9-5-4-6-10-20/h4-14H,15-16H2,1-3H3,(H,26,28)(H,27,32). The van der Waals surface area contributed by atoms with E-state index in [0.29, 0.717) is 41.8 Å². The van der Waals surface area contributed by atoms with Gasteiger partial charge in [-0.05, 0) is 62.7 Å². The number of nitrogens with one attached hydrogen (secondary N) is 2. The van der Waals surface area contributed by atoms with E-state index >= 15 is 0 Å². The maximum Gasteiger partial charge on any atom is 0.255 e. The van der Waals surface area contributed by atoms with Crippen molar-refractivity contribution in [3.63, 3.8) is 0 Å². The van der Waals surface area contributed by atoms with Crippen molar-refractivity contribution in [1.82, 2.24) is 25.3 Å². The lowest BCUT2D eigenvalue weighted by molar-refractivity contribution is 0.0953. The second-order valence-electron chi connectivity index (χ2n) is 7.58. The lowest BCUT2D eigenvalue weighted by atomic mass is 10.2. The molecule has 0 aliphatic carbocycles. The van der Waals surface area contributed by atoms with Crippen molar-refractivity contribution in [2.24, 2.45) is 0 Å². The molecule has 2 aromatic heterocycles. The average Bonchev–Trinajstić information content (AvgIpc) is 3.10. The van der Waals surface area contributed by atoms with Crippen molar-refractivity contribution in [2.75, 3.05) is 18.4 Å². The van der Waals surface area contributed by atoms with Crippen LogP contribution in [0.2, 0.25) is 0 Å². The van der Waals surface area contributed by atoms with Gasteiger partial charge >= 0.3 is 0 Å². The van der Waals surface area contributed by atoms with Crippen LogP contribution in [0.25, 0.3) is 5.82 Å². The van der Waals surface area contributed by atoms with Crippen LogP contribution >= 0.6 is 0 Å². The average molecular weight is 443 g/mol. The van der Waals surface area contributed by atoms with Crippen LogP contribution in [0.15, 0.2) is 66.7 Å². The van der Waals surface area contributed by atoms with Gasteiger partial charge in [0, 0.05) is 18.8 Å². The molecule has 0 unspecified atom stereocenters. The molecule has 8 heteroatoms. The molecule has 1 amide bonds. The highest BCUT2D eigenvalue weighted by Gasteiger charge is 2.13. The molecule has 0 bridgehead atoms. The first-order valence-electron chi connectivity index (χ1n) is 10.7. The van der Waals surface area contributed by atoms with Crippen LogP contribution in [0.5, 0.6) is 11.5 Å². The zero-order valence-electron chi connectivity index (χ0n) is 18.9. The molecule has 0 aliphatic heterocycles. The maximum atomic E-state index is 12.7. The summed E-state index contributed by atoms with van der Waals surface area (Å²) in [5.41, 5.74) is 3.64.